The van der Waals surface area contributed by atoms with Crippen molar-refractivity contribution in [3.8, 4) is 22.6 Å². The molecule has 6 heteroatoms. The smallest absolute Gasteiger partial charge is 0.253 e. The first-order valence-corrected chi connectivity index (χ1v) is 8.07. The van der Waals surface area contributed by atoms with E-state index in [1.165, 1.54) is 6.20 Å². The van der Waals surface area contributed by atoms with Gasteiger partial charge < -0.3 is 14.8 Å². The molecule has 6 nitrogen and oxygen atoms in total. The van der Waals surface area contributed by atoms with Gasteiger partial charge in [0.05, 0.1) is 37.6 Å². The molecule has 2 aromatic heterocycles. The number of carbonyl (C=O) groups excluding carboxylic acids is 1. The molecule has 0 aliphatic heterocycles. The van der Waals surface area contributed by atoms with Crippen LogP contribution in [0.2, 0.25) is 0 Å². The van der Waals surface area contributed by atoms with Gasteiger partial charge in [0, 0.05) is 24.2 Å². The molecule has 0 aliphatic rings. The van der Waals surface area contributed by atoms with Gasteiger partial charge in [-0.15, -0.1) is 0 Å². The second-order valence-corrected chi connectivity index (χ2v) is 5.50. The molecule has 26 heavy (non-hydrogen) atoms. The summed E-state index contributed by atoms with van der Waals surface area (Å²) in [6.07, 6.45) is 4.90. The van der Waals surface area contributed by atoms with Crippen LogP contribution in [0.4, 0.5) is 0 Å². The van der Waals surface area contributed by atoms with Gasteiger partial charge in [-0.1, -0.05) is 12.1 Å². The summed E-state index contributed by atoms with van der Waals surface area (Å²) >= 11 is 0. The lowest BCUT2D eigenvalue weighted by atomic mass is 10.0. The SMILES string of the molecule is COc1cccc(OC)c1-c1cncc(C(=O)NCc2ccccn2)c1. The first kappa shape index (κ1) is 17.4. The van der Waals surface area contributed by atoms with Gasteiger partial charge >= 0.3 is 0 Å². The Bertz CT molecular complexity index is 876. The average molecular weight is 349 g/mol. The minimum absolute atomic E-state index is 0.223. The van der Waals surface area contributed by atoms with E-state index in [4.69, 9.17) is 9.47 Å². The third-order valence-corrected chi connectivity index (χ3v) is 3.87. The van der Waals surface area contributed by atoms with Crippen molar-refractivity contribution in [2.45, 2.75) is 6.54 Å². The van der Waals surface area contributed by atoms with Crippen molar-refractivity contribution in [1.82, 2.24) is 15.3 Å². The number of amides is 1. The van der Waals surface area contributed by atoms with E-state index < -0.39 is 0 Å². The quantitative estimate of drug-likeness (QED) is 0.740. The minimum atomic E-state index is -0.223. The Labute approximate surface area is 151 Å². The molecule has 0 saturated heterocycles. The lowest BCUT2D eigenvalue weighted by molar-refractivity contribution is 0.0950. The van der Waals surface area contributed by atoms with Gasteiger partial charge in [-0.25, -0.2) is 0 Å². The van der Waals surface area contributed by atoms with Gasteiger partial charge in [-0.3, -0.25) is 14.8 Å². The van der Waals surface area contributed by atoms with Crippen LogP contribution in [-0.2, 0) is 6.54 Å². The maximum absolute atomic E-state index is 12.5. The lowest BCUT2D eigenvalue weighted by Gasteiger charge is -2.13. The number of methoxy groups -OCH3 is 2. The summed E-state index contributed by atoms with van der Waals surface area (Å²) in [6.45, 7) is 0.349. The zero-order chi connectivity index (χ0) is 18.4. The number of rotatable bonds is 6. The molecule has 0 saturated carbocycles. The summed E-state index contributed by atoms with van der Waals surface area (Å²) in [5, 5.41) is 2.85. The van der Waals surface area contributed by atoms with Crippen molar-refractivity contribution >= 4 is 5.91 Å². The maximum Gasteiger partial charge on any atom is 0.253 e. The molecule has 1 aromatic carbocycles. The Balaban J connectivity index is 1.86. The molecule has 0 bridgehead atoms. The third kappa shape index (κ3) is 3.80. The first-order valence-electron chi connectivity index (χ1n) is 8.07. The summed E-state index contributed by atoms with van der Waals surface area (Å²) in [5.41, 5.74) is 2.73. The number of hydrogen-bond acceptors (Lipinski definition) is 5. The van der Waals surface area contributed by atoms with E-state index in [9.17, 15) is 4.79 Å². The van der Waals surface area contributed by atoms with Crippen LogP contribution in [-0.4, -0.2) is 30.1 Å². The molecule has 0 aliphatic carbocycles. The summed E-state index contributed by atoms with van der Waals surface area (Å²) < 4.78 is 10.9. The van der Waals surface area contributed by atoms with E-state index in [1.807, 2.05) is 36.4 Å². The zero-order valence-electron chi connectivity index (χ0n) is 14.6. The predicted molar refractivity (Wildman–Crippen MR) is 98.2 cm³/mol. The second kappa shape index (κ2) is 8.11. The highest BCUT2D eigenvalue weighted by Gasteiger charge is 2.15. The van der Waals surface area contributed by atoms with Crippen LogP contribution in [0, 0.1) is 0 Å². The highest BCUT2D eigenvalue weighted by Crippen LogP contribution is 2.38. The summed E-state index contributed by atoms with van der Waals surface area (Å²) in [4.78, 5) is 20.9. The average Bonchev–Trinajstić information content (AvgIpc) is 2.72. The van der Waals surface area contributed by atoms with Crippen LogP contribution < -0.4 is 14.8 Å². The lowest BCUT2D eigenvalue weighted by Crippen LogP contribution is -2.23. The van der Waals surface area contributed by atoms with Gasteiger partial charge in [0.2, 0.25) is 0 Å². The van der Waals surface area contributed by atoms with Crippen LogP contribution >= 0.6 is 0 Å². The van der Waals surface area contributed by atoms with Gasteiger partial charge in [0.1, 0.15) is 11.5 Å². The van der Waals surface area contributed by atoms with Crippen LogP contribution in [0.3, 0.4) is 0 Å². The fourth-order valence-corrected chi connectivity index (χ4v) is 2.61. The molecule has 0 unspecified atom stereocenters. The molecule has 0 spiro atoms. The summed E-state index contributed by atoms with van der Waals surface area (Å²) in [6, 6.07) is 12.9. The largest absolute Gasteiger partial charge is 0.496 e. The number of hydrogen-bond donors (Lipinski definition) is 1. The zero-order valence-corrected chi connectivity index (χ0v) is 14.6. The van der Waals surface area contributed by atoms with Crippen LogP contribution in [0.15, 0.2) is 61.1 Å². The topological polar surface area (TPSA) is 73.3 Å². The number of nitrogens with one attached hydrogen (secondary N) is 1. The molecular weight excluding hydrogens is 330 g/mol. The molecule has 0 radical (unpaired) electrons. The van der Waals surface area contributed by atoms with Crippen molar-refractivity contribution < 1.29 is 14.3 Å². The maximum atomic E-state index is 12.5. The van der Waals surface area contributed by atoms with E-state index in [1.54, 1.807) is 32.7 Å². The molecule has 132 valence electrons. The highest BCUT2D eigenvalue weighted by atomic mass is 16.5. The van der Waals surface area contributed by atoms with Crippen molar-refractivity contribution in [1.29, 1.82) is 0 Å². The van der Waals surface area contributed by atoms with Crippen LogP contribution in [0.25, 0.3) is 11.1 Å². The number of nitrogens with zero attached hydrogens (tertiary/aromatic N) is 2. The fourth-order valence-electron chi connectivity index (χ4n) is 2.61. The first-order chi connectivity index (χ1) is 12.7. The normalized spacial score (nSPS) is 10.2. The molecule has 1 amide bonds. The molecule has 0 atom stereocenters. The van der Waals surface area contributed by atoms with Crippen molar-refractivity contribution in [2.24, 2.45) is 0 Å². The number of benzene rings is 1. The number of carbonyl (C=O) groups is 1. The third-order valence-electron chi connectivity index (χ3n) is 3.87. The van der Waals surface area contributed by atoms with E-state index in [-0.39, 0.29) is 5.91 Å². The molecule has 3 aromatic rings. The number of pyridine rings is 2. The van der Waals surface area contributed by atoms with Crippen molar-refractivity contribution in [3.63, 3.8) is 0 Å². The Kier molecular flexibility index (Phi) is 5.43. The fraction of sp³-hybridized carbons (Fsp3) is 0.150. The second-order valence-electron chi connectivity index (χ2n) is 5.50. The van der Waals surface area contributed by atoms with Gasteiger partial charge in [0.15, 0.2) is 0 Å². The van der Waals surface area contributed by atoms with E-state index in [0.29, 0.717) is 23.6 Å². The summed E-state index contributed by atoms with van der Waals surface area (Å²) in [5.74, 6) is 1.08. The van der Waals surface area contributed by atoms with E-state index in [2.05, 4.69) is 15.3 Å². The Morgan fingerprint density at radius 1 is 1.04 bits per heavy atom. The number of ether oxygens (including phenoxy) is 2. The Hall–Kier alpha value is -3.41. The van der Waals surface area contributed by atoms with E-state index in [0.717, 1.165) is 16.8 Å². The van der Waals surface area contributed by atoms with Gasteiger partial charge in [-0.05, 0) is 30.3 Å². The molecule has 2 heterocycles. The number of aromatic nitrogens is 2. The predicted octanol–water partition coefficient (Wildman–Crippen LogP) is 3.09. The van der Waals surface area contributed by atoms with Gasteiger partial charge in [-0.2, -0.15) is 0 Å². The summed E-state index contributed by atoms with van der Waals surface area (Å²) in [7, 11) is 3.18. The van der Waals surface area contributed by atoms with Crippen LogP contribution in [0.5, 0.6) is 11.5 Å². The molecule has 1 N–H and O–H groups in total. The van der Waals surface area contributed by atoms with Crippen LogP contribution in [0.1, 0.15) is 16.1 Å². The Morgan fingerprint density at radius 3 is 2.46 bits per heavy atom. The molecule has 3 rings (SSSR count). The van der Waals surface area contributed by atoms with Crippen molar-refractivity contribution in [2.75, 3.05) is 14.2 Å². The van der Waals surface area contributed by atoms with Crippen molar-refractivity contribution in [3.05, 3.63) is 72.3 Å². The standard InChI is InChI=1S/C20H19N3O3/c1-25-17-7-5-8-18(26-2)19(17)14-10-15(12-21-11-14)20(24)23-13-16-6-3-4-9-22-16/h3-12H,13H2,1-2H3,(H,23,24). The molecule has 0 fully saturated rings. The minimum Gasteiger partial charge on any atom is -0.496 e. The van der Waals surface area contributed by atoms with Gasteiger partial charge in [0.25, 0.3) is 5.91 Å². The Morgan fingerprint density at radius 2 is 1.81 bits per heavy atom. The van der Waals surface area contributed by atoms with E-state index >= 15 is 0 Å². The molecular formula is C20H19N3O3. The monoisotopic (exact) mass is 349 g/mol. The highest BCUT2D eigenvalue weighted by molar-refractivity contribution is 5.95.